The fourth-order valence-electron chi connectivity index (χ4n) is 3.78. The molecule has 2 aromatic heterocycles. The van der Waals surface area contributed by atoms with E-state index in [-0.39, 0.29) is 11.6 Å². The molecule has 0 spiro atoms. The lowest BCUT2D eigenvalue weighted by molar-refractivity contribution is 0.475. The molecule has 0 atom stereocenters. The molecule has 0 unspecified atom stereocenters. The Labute approximate surface area is 171 Å². The number of aromatic nitrogens is 2. The number of rotatable bonds is 3. The summed E-state index contributed by atoms with van der Waals surface area (Å²) in [4.78, 5) is 14.6. The van der Waals surface area contributed by atoms with Gasteiger partial charge in [-0.15, -0.1) is 11.3 Å². The van der Waals surface area contributed by atoms with Crippen LogP contribution in [0.15, 0.2) is 60.2 Å². The molecule has 1 N–H and O–H groups in total. The van der Waals surface area contributed by atoms with Crippen LogP contribution in [0.5, 0.6) is 5.75 Å². The lowest BCUT2D eigenvalue weighted by Crippen LogP contribution is -2.46. The second-order valence-electron chi connectivity index (χ2n) is 7.02. The minimum absolute atomic E-state index is 0.241. The van der Waals surface area contributed by atoms with Gasteiger partial charge in [0, 0.05) is 42.8 Å². The molecule has 0 saturated carbocycles. The molecule has 5 nitrogen and oxygen atoms in total. The van der Waals surface area contributed by atoms with Gasteiger partial charge in [0.25, 0.3) is 0 Å². The van der Waals surface area contributed by atoms with Crippen LogP contribution in [0.2, 0.25) is 0 Å². The molecule has 1 fully saturated rings. The molecule has 0 bridgehead atoms. The van der Waals surface area contributed by atoms with Gasteiger partial charge in [0.1, 0.15) is 28.5 Å². The van der Waals surface area contributed by atoms with Crippen molar-refractivity contribution >= 4 is 33.1 Å². The first-order chi connectivity index (χ1) is 14.2. The summed E-state index contributed by atoms with van der Waals surface area (Å²) >= 11 is 1.58. The summed E-state index contributed by atoms with van der Waals surface area (Å²) in [6.07, 6.45) is 1.62. The number of fused-ring (bicyclic) bond motifs is 1. The topological polar surface area (TPSA) is 52.5 Å². The normalized spacial score (nSPS) is 14.5. The van der Waals surface area contributed by atoms with Gasteiger partial charge in [-0.05, 0) is 42.0 Å². The highest BCUT2D eigenvalue weighted by molar-refractivity contribution is 7.17. The molecule has 2 aromatic carbocycles. The van der Waals surface area contributed by atoms with Crippen LogP contribution in [-0.4, -0.2) is 41.3 Å². The van der Waals surface area contributed by atoms with Crippen molar-refractivity contribution in [1.29, 1.82) is 0 Å². The molecule has 3 heterocycles. The Bertz CT molecular complexity index is 1140. The number of hydrogen-bond acceptors (Lipinski definition) is 6. The standard InChI is InChI=1S/C22H19FN4OS/c23-16-3-1-15(2-4-16)19-13-29-22-20(19)21(24-14-25-22)27-11-9-26(10-12-27)17-5-7-18(28)8-6-17/h1-8,13-14,28H,9-12H2. The highest BCUT2D eigenvalue weighted by Gasteiger charge is 2.22. The van der Waals surface area contributed by atoms with E-state index >= 15 is 0 Å². The van der Waals surface area contributed by atoms with Gasteiger partial charge >= 0.3 is 0 Å². The number of nitrogens with zero attached hydrogens (tertiary/aromatic N) is 4. The third-order valence-corrected chi connectivity index (χ3v) is 6.19. The summed E-state index contributed by atoms with van der Waals surface area (Å²) in [7, 11) is 0. The summed E-state index contributed by atoms with van der Waals surface area (Å²) in [5, 5.41) is 12.6. The average molecular weight is 406 g/mol. The molecule has 7 heteroatoms. The van der Waals surface area contributed by atoms with Crippen LogP contribution in [0.1, 0.15) is 0 Å². The second kappa shape index (κ2) is 7.33. The number of thiophene rings is 1. The molecule has 0 aliphatic carbocycles. The van der Waals surface area contributed by atoms with Crippen LogP contribution in [0.3, 0.4) is 0 Å². The Balaban J connectivity index is 1.44. The summed E-state index contributed by atoms with van der Waals surface area (Å²) in [6.45, 7) is 3.41. The highest BCUT2D eigenvalue weighted by atomic mass is 32.1. The third kappa shape index (κ3) is 3.38. The van der Waals surface area contributed by atoms with E-state index in [1.807, 2.05) is 12.1 Å². The van der Waals surface area contributed by atoms with Crippen molar-refractivity contribution in [2.45, 2.75) is 0 Å². The Hall–Kier alpha value is -3.19. The van der Waals surface area contributed by atoms with E-state index in [0.717, 1.165) is 59.0 Å². The van der Waals surface area contributed by atoms with Crippen LogP contribution < -0.4 is 9.80 Å². The first-order valence-corrected chi connectivity index (χ1v) is 10.3. The number of aromatic hydroxyl groups is 1. The Morgan fingerprint density at radius 1 is 0.862 bits per heavy atom. The fourth-order valence-corrected chi connectivity index (χ4v) is 4.69. The van der Waals surface area contributed by atoms with Crippen molar-refractivity contribution in [2.24, 2.45) is 0 Å². The lowest BCUT2D eigenvalue weighted by atomic mass is 10.1. The van der Waals surface area contributed by atoms with Crippen LogP contribution in [-0.2, 0) is 0 Å². The predicted octanol–water partition coefficient (Wildman–Crippen LogP) is 4.53. The summed E-state index contributed by atoms with van der Waals surface area (Å²) in [6, 6.07) is 13.9. The van der Waals surface area contributed by atoms with Gasteiger partial charge in [0.05, 0.1) is 5.39 Å². The zero-order chi connectivity index (χ0) is 19.8. The van der Waals surface area contributed by atoms with Crippen LogP contribution >= 0.6 is 11.3 Å². The number of hydrogen-bond donors (Lipinski definition) is 1. The van der Waals surface area contributed by atoms with E-state index in [1.54, 1.807) is 41.9 Å². The Kier molecular flexibility index (Phi) is 4.52. The lowest BCUT2D eigenvalue weighted by Gasteiger charge is -2.37. The van der Waals surface area contributed by atoms with Crippen molar-refractivity contribution in [3.8, 4) is 16.9 Å². The first kappa shape index (κ1) is 17.9. The molecule has 1 saturated heterocycles. The van der Waals surface area contributed by atoms with E-state index in [1.165, 1.54) is 12.1 Å². The monoisotopic (exact) mass is 406 g/mol. The van der Waals surface area contributed by atoms with Gasteiger partial charge in [-0.1, -0.05) is 12.1 Å². The van der Waals surface area contributed by atoms with E-state index < -0.39 is 0 Å². The maximum atomic E-state index is 13.4. The molecular formula is C22H19FN4OS. The van der Waals surface area contributed by atoms with Gasteiger partial charge in [-0.25, -0.2) is 14.4 Å². The number of halogens is 1. The number of benzene rings is 2. The molecule has 0 radical (unpaired) electrons. The van der Waals surface area contributed by atoms with Gasteiger partial charge < -0.3 is 14.9 Å². The predicted molar refractivity (Wildman–Crippen MR) is 115 cm³/mol. The summed E-state index contributed by atoms with van der Waals surface area (Å²) in [5.41, 5.74) is 3.12. The third-order valence-electron chi connectivity index (χ3n) is 5.30. The van der Waals surface area contributed by atoms with E-state index in [0.29, 0.717) is 0 Å². The number of piperazine rings is 1. The largest absolute Gasteiger partial charge is 0.508 e. The maximum Gasteiger partial charge on any atom is 0.141 e. The van der Waals surface area contributed by atoms with Crippen LogP contribution in [0.4, 0.5) is 15.9 Å². The highest BCUT2D eigenvalue weighted by Crippen LogP contribution is 2.38. The van der Waals surface area contributed by atoms with Crippen LogP contribution in [0, 0.1) is 5.82 Å². The van der Waals surface area contributed by atoms with E-state index in [4.69, 9.17) is 0 Å². The molecular weight excluding hydrogens is 387 g/mol. The summed E-state index contributed by atoms with van der Waals surface area (Å²) in [5.74, 6) is 0.970. The van der Waals surface area contributed by atoms with Crippen molar-refractivity contribution in [1.82, 2.24) is 9.97 Å². The molecule has 0 amide bonds. The second-order valence-corrected chi connectivity index (χ2v) is 7.88. The van der Waals surface area contributed by atoms with E-state index in [9.17, 15) is 9.50 Å². The Morgan fingerprint density at radius 2 is 1.55 bits per heavy atom. The minimum Gasteiger partial charge on any atom is -0.508 e. The maximum absolute atomic E-state index is 13.4. The first-order valence-electron chi connectivity index (χ1n) is 9.46. The van der Waals surface area contributed by atoms with Crippen molar-refractivity contribution in [3.63, 3.8) is 0 Å². The van der Waals surface area contributed by atoms with Gasteiger partial charge in [-0.2, -0.15) is 0 Å². The zero-order valence-electron chi connectivity index (χ0n) is 15.6. The smallest absolute Gasteiger partial charge is 0.141 e. The molecule has 5 rings (SSSR count). The Morgan fingerprint density at radius 3 is 2.28 bits per heavy atom. The molecule has 4 aromatic rings. The SMILES string of the molecule is Oc1ccc(N2CCN(c3ncnc4scc(-c5ccc(F)cc5)c34)CC2)cc1. The molecule has 146 valence electrons. The quantitative estimate of drug-likeness (QED) is 0.542. The average Bonchev–Trinajstić information content (AvgIpc) is 3.19. The number of phenolic OH excluding ortho intramolecular Hbond substituents is 1. The van der Waals surface area contributed by atoms with Gasteiger partial charge in [-0.3, -0.25) is 0 Å². The van der Waals surface area contributed by atoms with Crippen LogP contribution in [0.25, 0.3) is 21.3 Å². The van der Waals surface area contributed by atoms with Gasteiger partial charge in [0.2, 0.25) is 0 Å². The van der Waals surface area contributed by atoms with E-state index in [2.05, 4.69) is 25.1 Å². The molecule has 29 heavy (non-hydrogen) atoms. The molecule has 1 aliphatic heterocycles. The zero-order valence-corrected chi connectivity index (χ0v) is 16.4. The van der Waals surface area contributed by atoms with Crippen molar-refractivity contribution < 1.29 is 9.50 Å². The fraction of sp³-hybridized carbons (Fsp3) is 0.182. The molecule has 1 aliphatic rings. The summed E-state index contributed by atoms with van der Waals surface area (Å²) < 4.78 is 13.4. The van der Waals surface area contributed by atoms with Gasteiger partial charge in [0.15, 0.2) is 0 Å². The van der Waals surface area contributed by atoms with Crippen molar-refractivity contribution in [2.75, 3.05) is 36.0 Å². The number of anilines is 2. The minimum atomic E-state index is -0.241. The van der Waals surface area contributed by atoms with Crippen molar-refractivity contribution in [3.05, 3.63) is 66.1 Å². The number of phenols is 1.